The van der Waals surface area contributed by atoms with Gasteiger partial charge in [-0.2, -0.15) is 4.37 Å². The first-order valence-corrected chi connectivity index (χ1v) is 5.49. The van der Waals surface area contributed by atoms with Crippen molar-refractivity contribution in [1.29, 1.82) is 0 Å². The maximum absolute atomic E-state index is 9.78. The fraction of sp³-hybridized carbons (Fsp3) is 0.250. The van der Waals surface area contributed by atoms with E-state index >= 15 is 0 Å². The molecule has 1 atom stereocenters. The molecular formula is C8H8N2OS2. The van der Waals surface area contributed by atoms with Crippen molar-refractivity contribution in [1.82, 2.24) is 9.36 Å². The average molecular weight is 212 g/mol. The van der Waals surface area contributed by atoms with Gasteiger partial charge in [0.25, 0.3) is 0 Å². The summed E-state index contributed by atoms with van der Waals surface area (Å²) in [5.41, 5.74) is 1.36. The van der Waals surface area contributed by atoms with Crippen LogP contribution in [0.2, 0.25) is 0 Å². The molecule has 1 unspecified atom stereocenters. The summed E-state index contributed by atoms with van der Waals surface area (Å²) in [7, 11) is 0. The van der Waals surface area contributed by atoms with E-state index in [-0.39, 0.29) is 0 Å². The molecule has 0 bridgehead atoms. The third-order valence-corrected chi connectivity index (χ3v) is 3.02. The average Bonchev–Trinajstić information content (AvgIpc) is 2.72. The van der Waals surface area contributed by atoms with Crippen LogP contribution < -0.4 is 0 Å². The Hall–Kier alpha value is -0.780. The van der Waals surface area contributed by atoms with Crippen LogP contribution in [0.3, 0.4) is 0 Å². The predicted molar refractivity (Wildman–Crippen MR) is 53.0 cm³/mol. The molecule has 0 radical (unpaired) electrons. The van der Waals surface area contributed by atoms with Crippen molar-refractivity contribution in [3.8, 4) is 0 Å². The molecule has 3 nitrogen and oxygen atoms in total. The Morgan fingerprint density at radius 3 is 2.85 bits per heavy atom. The Labute approximate surface area is 83.9 Å². The number of rotatable bonds is 2. The Morgan fingerprint density at radius 2 is 2.31 bits per heavy atom. The van der Waals surface area contributed by atoms with E-state index < -0.39 is 6.10 Å². The molecule has 0 aliphatic heterocycles. The topological polar surface area (TPSA) is 46.0 Å². The summed E-state index contributed by atoms with van der Waals surface area (Å²) >= 11 is 2.87. The summed E-state index contributed by atoms with van der Waals surface area (Å²) in [6, 6.07) is 1.81. The van der Waals surface area contributed by atoms with Gasteiger partial charge in [0, 0.05) is 10.8 Å². The van der Waals surface area contributed by atoms with Crippen LogP contribution in [0, 0.1) is 6.92 Å². The number of hydrogen-bond acceptors (Lipinski definition) is 5. The molecule has 0 saturated carbocycles. The molecule has 0 aromatic carbocycles. The maximum atomic E-state index is 9.78. The third kappa shape index (κ3) is 1.77. The molecule has 1 N–H and O–H groups in total. The number of aryl methyl sites for hydroxylation is 1. The number of aliphatic hydroxyl groups excluding tert-OH is 1. The molecule has 2 rings (SSSR count). The van der Waals surface area contributed by atoms with Gasteiger partial charge in [0.1, 0.15) is 6.10 Å². The van der Waals surface area contributed by atoms with Crippen LogP contribution in [0.1, 0.15) is 22.5 Å². The molecule has 0 aliphatic carbocycles. The van der Waals surface area contributed by atoms with Crippen molar-refractivity contribution in [2.75, 3.05) is 0 Å². The van der Waals surface area contributed by atoms with E-state index in [0.29, 0.717) is 11.4 Å². The van der Waals surface area contributed by atoms with Gasteiger partial charge in [0.2, 0.25) is 0 Å². The molecule has 2 aromatic heterocycles. The van der Waals surface area contributed by atoms with Crippen LogP contribution in [0.15, 0.2) is 16.8 Å². The normalized spacial score (nSPS) is 13.1. The van der Waals surface area contributed by atoms with E-state index in [4.69, 9.17) is 0 Å². The van der Waals surface area contributed by atoms with Gasteiger partial charge in [0.05, 0.1) is 16.4 Å². The lowest BCUT2D eigenvalue weighted by atomic mass is 10.2. The second-order valence-electron chi connectivity index (χ2n) is 2.62. The minimum Gasteiger partial charge on any atom is -0.380 e. The molecule has 68 valence electrons. The molecule has 0 spiro atoms. The van der Waals surface area contributed by atoms with Crippen LogP contribution in [0.4, 0.5) is 0 Å². The Balaban J connectivity index is 2.28. The zero-order valence-electron chi connectivity index (χ0n) is 6.97. The van der Waals surface area contributed by atoms with Crippen molar-refractivity contribution >= 4 is 22.9 Å². The van der Waals surface area contributed by atoms with Gasteiger partial charge >= 0.3 is 0 Å². The fourth-order valence-electron chi connectivity index (χ4n) is 1.02. The van der Waals surface area contributed by atoms with Gasteiger partial charge in [-0.15, -0.1) is 11.3 Å². The number of aliphatic hydroxyl groups is 1. The molecule has 2 aromatic rings. The molecular weight excluding hydrogens is 204 g/mol. The van der Waals surface area contributed by atoms with Crippen LogP contribution in [0.25, 0.3) is 0 Å². The van der Waals surface area contributed by atoms with Gasteiger partial charge in [-0.05, 0) is 24.5 Å². The number of nitrogens with zero attached hydrogens (tertiary/aromatic N) is 2. The molecule has 0 fully saturated rings. The van der Waals surface area contributed by atoms with Gasteiger partial charge in [0.15, 0.2) is 0 Å². The fourth-order valence-corrected chi connectivity index (χ4v) is 2.19. The maximum Gasteiger partial charge on any atom is 0.140 e. The number of thiazole rings is 1. The summed E-state index contributed by atoms with van der Waals surface area (Å²) in [6.45, 7) is 1.92. The largest absolute Gasteiger partial charge is 0.380 e. The molecule has 0 saturated heterocycles. The van der Waals surface area contributed by atoms with Gasteiger partial charge in [-0.3, -0.25) is 0 Å². The minimum absolute atomic E-state index is 0.670. The zero-order chi connectivity index (χ0) is 9.26. The summed E-state index contributed by atoms with van der Waals surface area (Å²) < 4.78 is 4.06. The van der Waals surface area contributed by atoms with Crippen molar-refractivity contribution in [3.63, 3.8) is 0 Å². The first kappa shape index (κ1) is 8.80. The van der Waals surface area contributed by atoms with E-state index in [0.717, 1.165) is 5.01 Å². The van der Waals surface area contributed by atoms with E-state index in [1.54, 1.807) is 0 Å². The number of hydrogen-bond donors (Lipinski definition) is 1. The van der Waals surface area contributed by atoms with Crippen molar-refractivity contribution in [2.45, 2.75) is 13.0 Å². The Bertz CT molecular complexity index is 383. The highest BCUT2D eigenvalue weighted by Gasteiger charge is 2.14. The Morgan fingerprint density at radius 1 is 1.46 bits per heavy atom. The van der Waals surface area contributed by atoms with Gasteiger partial charge in [-0.25, -0.2) is 4.98 Å². The SMILES string of the molecule is Cc1nc(C(O)c2ccsn2)cs1. The summed E-state index contributed by atoms with van der Waals surface area (Å²) in [6.07, 6.45) is -0.670. The van der Waals surface area contributed by atoms with Crippen molar-refractivity contribution in [2.24, 2.45) is 0 Å². The minimum atomic E-state index is -0.670. The number of aromatic nitrogens is 2. The van der Waals surface area contributed by atoms with Crippen molar-refractivity contribution in [3.05, 3.63) is 33.2 Å². The van der Waals surface area contributed by atoms with E-state index in [1.165, 1.54) is 22.9 Å². The van der Waals surface area contributed by atoms with E-state index in [1.807, 2.05) is 23.8 Å². The van der Waals surface area contributed by atoms with Gasteiger partial charge < -0.3 is 5.11 Å². The summed E-state index contributed by atoms with van der Waals surface area (Å²) in [4.78, 5) is 4.20. The second kappa shape index (κ2) is 3.53. The zero-order valence-corrected chi connectivity index (χ0v) is 8.60. The molecule has 0 aliphatic rings. The lowest BCUT2D eigenvalue weighted by Gasteiger charge is -2.02. The highest BCUT2D eigenvalue weighted by Crippen LogP contribution is 2.22. The monoisotopic (exact) mass is 212 g/mol. The third-order valence-electron chi connectivity index (χ3n) is 1.65. The van der Waals surface area contributed by atoms with E-state index in [9.17, 15) is 5.11 Å². The molecule has 5 heteroatoms. The highest BCUT2D eigenvalue weighted by atomic mass is 32.1. The Kier molecular flexibility index (Phi) is 2.39. The van der Waals surface area contributed by atoms with Gasteiger partial charge in [-0.1, -0.05) is 0 Å². The quantitative estimate of drug-likeness (QED) is 0.828. The predicted octanol–water partition coefficient (Wildman–Crippen LogP) is 1.99. The van der Waals surface area contributed by atoms with Crippen LogP contribution in [-0.4, -0.2) is 14.5 Å². The lowest BCUT2D eigenvalue weighted by molar-refractivity contribution is 0.212. The first-order valence-electron chi connectivity index (χ1n) is 3.78. The second-order valence-corrected chi connectivity index (χ2v) is 4.35. The molecule has 13 heavy (non-hydrogen) atoms. The van der Waals surface area contributed by atoms with Crippen molar-refractivity contribution < 1.29 is 5.11 Å². The lowest BCUT2D eigenvalue weighted by Crippen LogP contribution is -1.99. The van der Waals surface area contributed by atoms with Crippen LogP contribution in [-0.2, 0) is 0 Å². The van der Waals surface area contributed by atoms with Crippen LogP contribution >= 0.6 is 22.9 Å². The summed E-state index contributed by atoms with van der Waals surface area (Å²) in [5.74, 6) is 0. The summed E-state index contributed by atoms with van der Waals surface area (Å²) in [5, 5.41) is 14.5. The standard InChI is InChI=1S/C8H8N2OS2/c1-5-9-7(4-12-5)8(11)6-2-3-13-10-6/h2-4,8,11H,1H3. The highest BCUT2D eigenvalue weighted by molar-refractivity contribution is 7.09. The van der Waals surface area contributed by atoms with Crippen LogP contribution in [0.5, 0.6) is 0 Å². The molecule has 0 amide bonds. The molecule has 2 heterocycles. The first-order chi connectivity index (χ1) is 6.27. The smallest absolute Gasteiger partial charge is 0.140 e. The van der Waals surface area contributed by atoms with E-state index in [2.05, 4.69) is 9.36 Å².